The molecule has 68 heavy (non-hydrogen) atoms. The fourth-order valence-electron chi connectivity index (χ4n) is 5.76. The zero-order chi connectivity index (χ0) is 51.7. The Kier molecular flexibility index (Phi) is 28.1. The van der Waals surface area contributed by atoms with Crippen molar-refractivity contribution in [2.45, 2.75) is 93.9 Å². The summed E-state index contributed by atoms with van der Waals surface area (Å²) in [6.07, 6.45) is -1.39. The lowest BCUT2D eigenvalue weighted by molar-refractivity contribution is -0.141. The molecule has 0 saturated carbocycles. The van der Waals surface area contributed by atoms with Crippen LogP contribution in [0, 0.1) is 5.92 Å². The van der Waals surface area contributed by atoms with Crippen LogP contribution in [0.2, 0.25) is 0 Å². The van der Waals surface area contributed by atoms with Gasteiger partial charge in [0, 0.05) is 36.0 Å². The predicted octanol–water partition coefficient (Wildman–Crippen LogP) is -5.58. The number of carbonyl (C=O) groups is 10. The van der Waals surface area contributed by atoms with E-state index in [9.17, 15) is 63.3 Å². The van der Waals surface area contributed by atoms with E-state index in [0.29, 0.717) is 5.56 Å². The zero-order valence-corrected chi connectivity index (χ0v) is 40.7. The van der Waals surface area contributed by atoms with Gasteiger partial charge < -0.3 is 75.1 Å². The molecular weight excluding hydrogens is 973 g/mol. The van der Waals surface area contributed by atoms with Crippen LogP contribution in [0.3, 0.4) is 0 Å². The van der Waals surface area contributed by atoms with E-state index in [2.05, 4.69) is 98.0 Å². The number of amides is 8. The fourth-order valence-corrected chi connectivity index (χ4v) is 6.68. The number of nitrogens with zero attached hydrogens (tertiary/aromatic N) is 1. The Labute approximate surface area is 413 Å². The standard InChI is InChI=1S/C39H62N12O13S4/c1-18(2)29(37(62)49-26(16-67)36(61)50-27(17-68)38(63)64)51-33(58)23(12-28(53)54)46-31(56)21(9-6-10-43-39(41)42)44-32(57)22(11-19-7-4-3-5-8-19)45-35(60)25(15-66)48-34(59)24(13-52)47-30(55)20(40)14-65/h3-5,7-8,18,20-27,29,52,65-68H,6,9-17,40H2,1-2H3,(H,44,57)(H,45,60)(H,46,56)(H,47,55)(H,48,59)(H,49,62)(H,50,61)(H,51,58)(H,53,54)(H,63,64)(H4,41,42,43)/t20-,21-,22-,23-,24-,25-,26-,27-,29-/m0/s1. The monoisotopic (exact) mass is 1030 g/mol. The summed E-state index contributed by atoms with van der Waals surface area (Å²) < 4.78 is 0. The molecule has 0 aromatic heterocycles. The molecule has 380 valence electrons. The number of aliphatic carboxylic acids is 2. The van der Waals surface area contributed by atoms with E-state index in [0.717, 1.165) is 0 Å². The molecule has 0 aliphatic heterocycles. The smallest absolute Gasteiger partial charge is 0.327 e. The van der Waals surface area contributed by atoms with Crippen LogP contribution in [-0.4, -0.2) is 171 Å². The SMILES string of the molecule is CC(C)[C@H](NC(=O)[C@H](CC(=O)O)NC(=O)[C@H](CCCN=C(N)N)NC(=O)[C@H](Cc1ccccc1)NC(=O)[C@H](CS)NC(=O)[C@H](CO)NC(=O)[C@@H](N)CS)C(=O)N[C@@H](CS)C(=O)N[C@@H](CS)C(=O)O. The van der Waals surface area contributed by atoms with E-state index in [-0.39, 0.29) is 54.8 Å². The maximum atomic E-state index is 14.1. The van der Waals surface area contributed by atoms with Gasteiger partial charge in [-0.1, -0.05) is 44.2 Å². The minimum absolute atomic E-state index is 0.0354. The molecule has 0 aliphatic carbocycles. The molecule has 0 aliphatic rings. The Morgan fingerprint density at radius 2 is 1.01 bits per heavy atom. The van der Waals surface area contributed by atoms with Crippen LogP contribution < -0.4 is 59.7 Å². The molecule has 0 spiro atoms. The van der Waals surface area contributed by atoms with Gasteiger partial charge in [0.1, 0.15) is 48.3 Å². The summed E-state index contributed by atoms with van der Waals surface area (Å²) in [6, 6.07) is -4.95. The summed E-state index contributed by atoms with van der Waals surface area (Å²) in [5.74, 6) is -12.7. The van der Waals surface area contributed by atoms with Crippen molar-refractivity contribution in [2.24, 2.45) is 28.1 Å². The first-order valence-corrected chi connectivity index (χ1v) is 23.3. The van der Waals surface area contributed by atoms with Crippen molar-refractivity contribution in [3.05, 3.63) is 35.9 Å². The predicted molar refractivity (Wildman–Crippen MR) is 261 cm³/mol. The highest BCUT2D eigenvalue weighted by atomic mass is 32.1. The number of hydrogen-bond acceptors (Lipinski definition) is 17. The minimum Gasteiger partial charge on any atom is -0.481 e. The molecule has 0 heterocycles. The zero-order valence-electron chi connectivity index (χ0n) is 37.1. The average molecular weight is 1040 g/mol. The molecule has 0 unspecified atom stereocenters. The third-order valence-electron chi connectivity index (χ3n) is 9.53. The molecular formula is C39H62N12O13S4. The van der Waals surface area contributed by atoms with Gasteiger partial charge in [0.15, 0.2) is 5.96 Å². The van der Waals surface area contributed by atoms with Gasteiger partial charge in [0.05, 0.1) is 19.1 Å². The lowest BCUT2D eigenvalue weighted by atomic mass is 10.0. The average Bonchev–Trinajstić information content (AvgIpc) is 3.29. The highest BCUT2D eigenvalue weighted by Crippen LogP contribution is 2.10. The summed E-state index contributed by atoms with van der Waals surface area (Å²) in [5, 5.41) is 47.7. The van der Waals surface area contributed by atoms with E-state index < -0.39 is 133 Å². The van der Waals surface area contributed by atoms with Gasteiger partial charge in [0.2, 0.25) is 47.3 Å². The number of carbonyl (C=O) groups excluding carboxylic acids is 8. The number of hydrogen-bond donors (Lipinski definition) is 18. The van der Waals surface area contributed by atoms with E-state index in [4.69, 9.17) is 17.2 Å². The fraction of sp³-hybridized carbons (Fsp3) is 0.564. The largest absolute Gasteiger partial charge is 0.481 e. The number of nitrogens with one attached hydrogen (secondary N) is 8. The molecule has 0 radical (unpaired) electrons. The number of rotatable bonds is 31. The van der Waals surface area contributed by atoms with Crippen LogP contribution in [-0.2, 0) is 54.4 Å². The van der Waals surface area contributed by atoms with Gasteiger partial charge in [-0.05, 0) is 24.3 Å². The third kappa shape index (κ3) is 21.6. The normalized spacial score (nSPS) is 14.9. The van der Waals surface area contributed by atoms with Crippen molar-refractivity contribution >= 4 is 116 Å². The van der Waals surface area contributed by atoms with Crippen molar-refractivity contribution in [2.75, 3.05) is 36.2 Å². The summed E-state index contributed by atoms with van der Waals surface area (Å²) in [5.41, 5.74) is 17.1. The van der Waals surface area contributed by atoms with E-state index in [1.54, 1.807) is 30.3 Å². The second-order valence-electron chi connectivity index (χ2n) is 15.3. The van der Waals surface area contributed by atoms with Crippen LogP contribution >= 0.6 is 50.5 Å². The number of carboxylic acid groups (broad SMARTS) is 2. The number of aliphatic hydroxyl groups excluding tert-OH is 1. The first kappa shape index (κ1) is 60.5. The molecule has 1 rings (SSSR count). The van der Waals surface area contributed by atoms with Crippen LogP contribution in [0.4, 0.5) is 0 Å². The highest BCUT2D eigenvalue weighted by molar-refractivity contribution is 7.80. The third-order valence-corrected chi connectivity index (χ3v) is 11.0. The Balaban J connectivity index is 3.49. The first-order valence-electron chi connectivity index (χ1n) is 20.8. The number of aliphatic hydroxyl groups is 1. The van der Waals surface area contributed by atoms with Gasteiger partial charge in [-0.2, -0.15) is 50.5 Å². The quantitative estimate of drug-likeness (QED) is 0.0143. The van der Waals surface area contributed by atoms with Crippen molar-refractivity contribution in [3.8, 4) is 0 Å². The number of carboxylic acids is 2. The number of benzene rings is 1. The summed E-state index contributed by atoms with van der Waals surface area (Å²) >= 11 is 16.0. The minimum atomic E-state index is -1.87. The van der Waals surface area contributed by atoms with Gasteiger partial charge >= 0.3 is 11.9 Å². The van der Waals surface area contributed by atoms with Crippen molar-refractivity contribution in [3.63, 3.8) is 0 Å². The highest BCUT2D eigenvalue weighted by Gasteiger charge is 2.36. The maximum Gasteiger partial charge on any atom is 0.327 e. The molecule has 17 N–H and O–H groups in total. The van der Waals surface area contributed by atoms with Gasteiger partial charge in [-0.25, -0.2) is 4.79 Å². The molecule has 9 atom stereocenters. The van der Waals surface area contributed by atoms with Crippen LogP contribution in [0.5, 0.6) is 0 Å². The van der Waals surface area contributed by atoms with Crippen molar-refractivity contribution < 1.29 is 63.3 Å². The van der Waals surface area contributed by atoms with E-state index >= 15 is 0 Å². The Bertz CT molecular complexity index is 1930. The van der Waals surface area contributed by atoms with E-state index in [1.165, 1.54) is 13.8 Å². The Hall–Kier alpha value is -5.49. The van der Waals surface area contributed by atoms with Gasteiger partial charge in [-0.3, -0.25) is 48.1 Å². The van der Waals surface area contributed by atoms with Crippen LogP contribution in [0.1, 0.15) is 38.7 Å². The summed E-state index contributed by atoms with van der Waals surface area (Å²) in [7, 11) is 0. The molecule has 1 aromatic rings. The Morgan fingerprint density at radius 1 is 0.574 bits per heavy atom. The van der Waals surface area contributed by atoms with Crippen LogP contribution in [0.25, 0.3) is 0 Å². The second kappa shape index (κ2) is 31.5. The summed E-state index contributed by atoms with van der Waals surface area (Å²) in [4.78, 5) is 134. The van der Waals surface area contributed by atoms with Gasteiger partial charge in [-0.15, -0.1) is 0 Å². The number of aliphatic imine (C=N–C) groups is 1. The van der Waals surface area contributed by atoms with Crippen molar-refractivity contribution in [1.82, 2.24) is 42.5 Å². The Morgan fingerprint density at radius 3 is 1.50 bits per heavy atom. The molecule has 0 bridgehead atoms. The second-order valence-corrected chi connectivity index (χ2v) is 16.7. The first-order chi connectivity index (χ1) is 32.0. The maximum absolute atomic E-state index is 14.1. The lowest BCUT2D eigenvalue weighted by Crippen LogP contribution is -2.61. The number of thiol groups is 4. The summed E-state index contributed by atoms with van der Waals surface area (Å²) in [6.45, 7) is 2.10. The molecule has 0 saturated heterocycles. The van der Waals surface area contributed by atoms with E-state index in [1.807, 2.05) is 0 Å². The molecule has 8 amide bonds. The number of nitrogens with two attached hydrogens (primary N) is 3. The molecule has 25 nitrogen and oxygen atoms in total. The van der Waals surface area contributed by atoms with Crippen LogP contribution in [0.15, 0.2) is 35.3 Å². The molecule has 0 fully saturated rings. The van der Waals surface area contributed by atoms with Gasteiger partial charge in [0.25, 0.3) is 0 Å². The topological polar surface area (TPSA) is 418 Å². The number of guanidine groups is 1. The molecule has 29 heteroatoms. The lowest BCUT2D eigenvalue weighted by Gasteiger charge is -2.28. The molecule has 1 aromatic carbocycles. The van der Waals surface area contributed by atoms with Crippen molar-refractivity contribution in [1.29, 1.82) is 0 Å².